The van der Waals surface area contributed by atoms with E-state index in [1.807, 2.05) is 0 Å². The highest BCUT2D eigenvalue weighted by Gasteiger charge is 2.26. The molecule has 0 amide bonds. The van der Waals surface area contributed by atoms with Crippen LogP contribution in [0.1, 0.15) is 25.0 Å². The molecule has 1 heteroatoms. The van der Waals surface area contributed by atoms with E-state index in [9.17, 15) is 0 Å². The summed E-state index contributed by atoms with van der Waals surface area (Å²) in [6.07, 6.45) is 0. The summed E-state index contributed by atoms with van der Waals surface area (Å²) in [5, 5.41) is 0. The fourth-order valence-corrected chi connectivity index (χ4v) is 2.69. The van der Waals surface area contributed by atoms with Gasteiger partial charge in [0, 0.05) is 5.56 Å². The van der Waals surface area contributed by atoms with E-state index in [4.69, 9.17) is 0 Å². The van der Waals surface area contributed by atoms with E-state index in [0.717, 1.165) is 24.1 Å². The van der Waals surface area contributed by atoms with Crippen molar-refractivity contribution in [3.05, 3.63) is 65.7 Å². The second-order valence-electron chi connectivity index (χ2n) is 5.26. The number of hydrogen-bond acceptors (Lipinski definition) is 0. The van der Waals surface area contributed by atoms with Crippen LogP contribution in [0.3, 0.4) is 0 Å². The molecule has 0 spiro atoms. The van der Waals surface area contributed by atoms with E-state index in [-0.39, 0.29) is 0 Å². The summed E-state index contributed by atoms with van der Waals surface area (Å²) in [4.78, 5) is 0. The Labute approximate surface area is 117 Å². The summed E-state index contributed by atoms with van der Waals surface area (Å²) < 4.78 is 1.02. The Balaban J connectivity index is 2.32. The Morgan fingerprint density at radius 1 is 0.789 bits per heavy atom. The molecule has 0 aliphatic carbocycles. The van der Waals surface area contributed by atoms with Crippen molar-refractivity contribution in [3.63, 3.8) is 0 Å². The summed E-state index contributed by atoms with van der Waals surface area (Å²) in [6.45, 7) is 10.0. The van der Waals surface area contributed by atoms with Crippen molar-refractivity contribution in [2.45, 2.75) is 27.3 Å². The molecule has 0 bridgehead atoms. The zero-order chi connectivity index (χ0) is 13.7. The number of para-hydroxylation sites is 1. The zero-order valence-electron chi connectivity index (χ0n) is 12.3. The van der Waals surface area contributed by atoms with E-state index >= 15 is 0 Å². The lowest BCUT2D eigenvalue weighted by molar-refractivity contribution is 0.292. The van der Waals surface area contributed by atoms with Gasteiger partial charge < -0.3 is 0 Å². The minimum Gasteiger partial charge on any atom is -0.288 e. The molecule has 0 aliphatic rings. The van der Waals surface area contributed by atoms with Gasteiger partial charge >= 0.3 is 0 Å². The van der Waals surface area contributed by atoms with E-state index < -0.39 is 0 Å². The minimum atomic E-state index is 1.02. The second kappa shape index (κ2) is 6.03. The Kier molecular flexibility index (Phi) is 4.39. The van der Waals surface area contributed by atoms with Gasteiger partial charge in [-0.1, -0.05) is 48.0 Å². The predicted molar refractivity (Wildman–Crippen MR) is 84.2 cm³/mol. The highest BCUT2D eigenvalue weighted by molar-refractivity contribution is 5.43. The molecular weight excluding hydrogens is 230 g/mol. The number of aryl methyl sites for hydroxylation is 1. The molecule has 0 saturated carbocycles. The summed E-state index contributed by atoms with van der Waals surface area (Å²) in [6, 6.07) is 19.8. The molecule has 0 saturated heterocycles. The molecule has 100 valence electrons. The molecule has 0 heterocycles. The fraction of sp³-hybridized carbons (Fsp3) is 0.333. The van der Waals surface area contributed by atoms with Crippen LogP contribution in [0.2, 0.25) is 0 Å². The first-order chi connectivity index (χ1) is 9.20. The predicted octanol–water partition coefficient (Wildman–Crippen LogP) is 4.54. The third-order valence-corrected chi connectivity index (χ3v) is 4.12. The number of quaternary nitrogens is 1. The fourth-order valence-electron chi connectivity index (χ4n) is 2.69. The van der Waals surface area contributed by atoms with Gasteiger partial charge in [-0.15, -0.1) is 0 Å². The lowest BCUT2D eigenvalue weighted by atomic mass is 10.1. The Hall–Kier alpha value is -1.60. The summed E-state index contributed by atoms with van der Waals surface area (Å²) in [5.74, 6) is 0. The van der Waals surface area contributed by atoms with Gasteiger partial charge in [0.1, 0.15) is 12.2 Å². The average Bonchev–Trinajstić information content (AvgIpc) is 2.48. The zero-order valence-corrected chi connectivity index (χ0v) is 12.3. The summed E-state index contributed by atoms with van der Waals surface area (Å²) >= 11 is 0. The van der Waals surface area contributed by atoms with Gasteiger partial charge in [0.05, 0.1) is 13.1 Å². The van der Waals surface area contributed by atoms with Crippen molar-refractivity contribution in [1.82, 2.24) is 4.48 Å². The highest BCUT2D eigenvalue weighted by atomic mass is 15.3. The van der Waals surface area contributed by atoms with Gasteiger partial charge in [0.15, 0.2) is 0 Å². The highest BCUT2D eigenvalue weighted by Crippen LogP contribution is 2.25. The number of nitrogens with zero attached hydrogens (tertiary/aromatic N) is 1. The molecule has 19 heavy (non-hydrogen) atoms. The van der Waals surface area contributed by atoms with Gasteiger partial charge in [0.2, 0.25) is 0 Å². The Bertz CT molecular complexity index is 495. The third kappa shape index (κ3) is 3.05. The molecule has 1 nitrogen and oxygen atoms in total. The van der Waals surface area contributed by atoms with Crippen LogP contribution in [-0.4, -0.2) is 13.1 Å². The molecule has 0 fully saturated rings. The van der Waals surface area contributed by atoms with Crippen molar-refractivity contribution in [2.75, 3.05) is 13.1 Å². The van der Waals surface area contributed by atoms with Crippen LogP contribution >= 0.6 is 0 Å². The smallest absolute Gasteiger partial charge is 0.133 e. The monoisotopic (exact) mass is 254 g/mol. The Morgan fingerprint density at radius 3 is 1.89 bits per heavy atom. The molecular formula is C18H24N+. The van der Waals surface area contributed by atoms with Crippen molar-refractivity contribution in [3.8, 4) is 0 Å². The second-order valence-corrected chi connectivity index (χ2v) is 5.26. The van der Waals surface area contributed by atoms with Crippen molar-refractivity contribution in [2.24, 2.45) is 0 Å². The minimum absolute atomic E-state index is 1.02. The standard InChI is InChI=1S/C18H24N/c1-4-19(5-2,18-9-7-6-8-10-18)15-17-13-11-16(3)12-14-17/h6-14H,4-5,15H2,1-3H3/q+1. The number of hydrogen-bond donors (Lipinski definition) is 0. The molecule has 0 atom stereocenters. The van der Waals surface area contributed by atoms with Gasteiger partial charge in [-0.3, -0.25) is 4.48 Å². The van der Waals surface area contributed by atoms with Crippen LogP contribution in [0.4, 0.5) is 5.69 Å². The topological polar surface area (TPSA) is 0 Å². The Morgan fingerprint density at radius 2 is 1.37 bits per heavy atom. The first-order valence-corrected chi connectivity index (χ1v) is 7.17. The van der Waals surface area contributed by atoms with E-state index in [0.29, 0.717) is 0 Å². The lowest BCUT2D eigenvalue weighted by Crippen LogP contribution is -2.48. The molecule has 0 N–H and O–H groups in total. The lowest BCUT2D eigenvalue weighted by Gasteiger charge is -2.36. The quantitative estimate of drug-likeness (QED) is 0.687. The molecule has 2 aromatic rings. The van der Waals surface area contributed by atoms with Crippen LogP contribution in [0, 0.1) is 6.92 Å². The molecule has 0 unspecified atom stereocenters. The largest absolute Gasteiger partial charge is 0.288 e. The maximum Gasteiger partial charge on any atom is 0.133 e. The van der Waals surface area contributed by atoms with E-state index in [1.165, 1.54) is 16.8 Å². The van der Waals surface area contributed by atoms with Gasteiger partial charge in [-0.25, -0.2) is 0 Å². The molecule has 0 aromatic heterocycles. The average molecular weight is 254 g/mol. The summed E-state index contributed by atoms with van der Waals surface area (Å²) in [5.41, 5.74) is 4.15. The summed E-state index contributed by atoms with van der Waals surface area (Å²) in [7, 11) is 0. The van der Waals surface area contributed by atoms with Crippen LogP contribution < -0.4 is 4.48 Å². The molecule has 0 aliphatic heterocycles. The molecule has 0 radical (unpaired) electrons. The van der Waals surface area contributed by atoms with E-state index in [2.05, 4.69) is 75.4 Å². The van der Waals surface area contributed by atoms with Gasteiger partial charge in [-0.05, 0) is 32.9 Å². The van der Waals surface area contributed by atoms with Gasteiger partial charge in [0.25, 0.3) is 0 Å². The molecule has 2 rings (SSSR count). The number of rotatable bonds is 5. The third-order valence-electron chi connectivity index (χ3n) is 4.12. The van der Waals surface area contributed by atoms with Crippen LogP contribution in [0.25, 0.3) is 0 Å². The van der Waals surface area contributed by atoms with Gasteiger partial charge in [-0.2, -0.15) is 0 Å². The van der Waals surface area contributed by atoms with Crippen molar-refractivity contribution >= 4 is 5.69 Å². The van der Waals surface area contributed by atoms with Crippen LogP contribution in [-0.2, 0) is 6.54 Å². The first-order valence-electron chi connectivity index (χ1n) is 7.17. The SMILES string of the molecule is CC[N+](CC)(Cc1ccc(C)cc1)c1ccccc1. The van der Waals surface area contributed by atoms with Crippen molar-refractivity contribution < 1.29 is 0 Å². The maximum atomic E-state index is 2.28. The number of benzene rings is 2. The first kappa shape index (κ1) is 13.8. The van der Waals surface area contributed by atoms with Crippen molar-refractivity contribution in [1.29, 1.82) is 0 Å². The normalized spacial score (nSPS) is 11.5. The van der Waals surface area contributed by atoms with Crippen LogP contribution in [0.5, 0.6) is 0 Å². The maximum absolute atomic E-state index is 2.28. The van der Waals surface area contributed by atoms with E-state index in [1.54, 1.807) is 0 Å². The van der Waals surface area contributed by atoms with Crippen LogP contribution in [0.15, 0.2) is 54.6 Å². The molecule has 2 aromatic carbocycles.